The van der Waals surface area contributed by atoms with E-state index in [1.54, 1.807) is 0 Å². The molecule has 1 fully saturated rings. The topological polar surface area (TPSA) is 66.4 Å². The minimum Gasteiger partial charge on any atom is -0.481 e. The summed E-state index contributed by atoms with van der Waals surface area (Å²) in [6.07, 6.45) is 2.64. The van der Waals surface area contributed by atoms with Gasteiger partial charge in [-0.05, 0) is 53.4 Å². The van der Waals surface area contributed by atoms with Crippen LogP contribution in [0.5, 0.6) is 0 Å². The summed E-state index contributed by atoms with van der Waals surface area (Å²) in [5.41, 5.74) is 0.704. The van der Waals surface area contributed by atoms with Gasteiger partial charge in [0, 0.05) is 14.9 Å². The van der Waals surface area contributed by atoms with Crippen LogP contribution in [0.4, 0.5) is 5.69 Å². The third-order valence-corrected chi connectivity index (χ3v) is 4.73. The van der Waals surface area contributed by atoms with E-state index in [9.17, 15) is 9.59 Å². The first kappa shape index (κ1) is 15.5. The molecule has 0 saturated heterocycles. The predicted octanol–water partition coefficient (Wildman–Crippen LogP) is 4.04. The number of benzene rings is 1. The summed E-state index contributed by atoms with van der Waals surface area (Å²) in [5, 5.41) is 11.9. The number of nitrogens with one attached hydrogen (secondary N) is 1. The Balaban J connectivity index is 2.02. The van der Waals surface area contributed by atoms with Crippen LogP contribution in [-0.2, 0) is 9.59 Å². The molecule has 1 saturated carbocycles. The molecule has 1 aromatic rings. The number of hydrogen-bond donors (Lipinski definition) is 2. The second kappa shape index (κ2) is 6.72. The van der Waals surface area contributed by atoms with Crippen LogP contribution in [0, 0.1) is 11.8 Å². The number of carboxylic acids is 1. The molecule has 2 atom stereocenters. The van der Waals surface area contributed by atoms with Gasteiger partial charge in [-0.15, -0.1) is 0 Å². The molecule has 2 rings (SSSR count). The molecule has 108 valence electrons. The molecule has 4 nitrogen and oxygen atoms in total. The van der Waals surface area contributed by atoms with Crippen molar-refractivity contribution in [2.75, 3.05) is 5.32 Å². The lowest BCUT2D eigenvalue weighted by atomic mass is 9.81. The number of rotatable bonds is 3. The van der Waals surface area contributed by atoms with Crippen LogP contribution in [0.3, 0.4) is 0 Å². The lowest BCUT2D eigenvalue weighted by molar-refractivity contribution is -0.143. The van der Waals surface area contributed by atoms with Gasteiger partial charge >= 0.3 is 5.97 Å². The molecular weight excluding hydrogens is 390 g/mol. The molecule has 0 aromatic heterocycles. The summed E-state index contributed by atoms with van der Waals surface area (Å²) >= 11 is 6.75. The van der Waals surface area contributed by atoms with Crippen molar-refractivity contribution in [1.29, 1.82) is 0 Å². The Kier molecular flexibility index (Phi) is 5.21. The molecule has 0 radical (unpaired) electrons. The highest BCUT2D eigenvalue weighted by atomic mass is 79.9. The number of aliphatic carboxylic acids is 1. The third-order valence-electron chi connectivity index (χ3n) is 3.58. The second-order valence-corrected chi connectivity index (χ2v) is 6.78. The first-order valence-corrected chi connectivity index (χ1v) is 8.04. The minimum absolute atomic E-state index is 0.0982. The average molecular weight is 405 g/mol. The first-order valence-electron chi connectivity index (χ1n) is 6.46. The molecule has 1 amide bonds. The first-order chi connectivity index (χ1) is 9.47. The van der Waals surface area contributed by atoms with Crippen molar-refractivity contribution in [3.8, 4) is 0 Å². The quantitative estimate of drug-likeness (QED) is 0.798. The van der Waals surface area contributed by atoms with Crippen LogP contribution in [0.25, 0.3) is 0 Å². The van der Waals surface area contributed by atoms with E-state index in [2.05, 4.69) is 37.2 Å². The summed E-state index contributed by atoms with van der Waals surface area (Å²) in [6.45, 7) is 0. The van der Waals surface area contributed by atoms with Gasteiger partial charge < -0.3 is 10.4 Å². The van der Waals surface area contributed by atoms with E-state index >= 15 is 0 Å². The zero-order valence-electron chi connectivity index (χ0n) is 10.7. The maximum absolute atomic E-state index is 12.2. The number of hydrogen-bond acceptors (Lipinski definition) is 2. The normalized spacial score (nSPS) is 22.3. The van der Waals surface area contributed by atoms with Crippen LogP contribution in [-0.4, -0.2) is 17.0 Å². The Morgan fingerprint density at radius 1 is 1.20 bits per heavy atom. The summed E-state index contributed by atoms with van der Waals surface area (Å²) in [4.78, 5) is 23.3. The zero-order chi connectivity index (χ0) is 14.7. The highest BCUT2D eigenvalue weighted by molar-refractivity contribution is 9.11. The fourth-order valence-corrected chi connectivity index (χ4v) is 3.62. The number of amides is 1. The van der Waals surface area contributed by atoms with Gasteiger partial charge in [0.05, 0.1) is 11.6 Å². The van der Waals surface area contributed by atoms with Gasteiger partial charge in [-0.1, -0.05) is 22.4 Å². The van der Waals surface area contributed by atoms with E-state index in [0.29, 0.717) is 18.5 Å². The summed E-state index contributed by atoms with van der Waals surface area (Å²) in [6, 6.07) is 5.52. The highest BCUT2D eigenvalue weighted by Crippen LogP contribution is 2.31. The van der Waals surface area contributed by atoms with Gasteiger partial charge in [0.25, 0.3) is 0 Å². The molecule has 0 bridgehead atoms. The van der Waals surface area contributed by atoms with E-state index < -0.39 is 11.9 Å². The smallest absolute Gasteiger partial charge is 0.306 e. The summed E-state index contributed by atoms with van der Waals surface area (Å²) < 4.78 is 1.72. The van der Waals surface area contributed by atoms with E-state index in [1.807, 2.05) is 18.2 Å². The maximum atomic E-state index is 12.2. The molecule has 1 aliphatic rings. The van der Waals surface area contributed by atoms with Crippen molar-refractivity contribution < 1.29 is 14.7 Å². The van der Waals surface area contributed by atoms with Gasteiger partial charge in [-0.3, -0.25) is 9.59 Å². The molecule has 1 aliphatic carbocycles. The summed E-state index contributed by atoms with van der Waals surface area (Å²) in [5.74, 6) is -1.51. The second-order valence-electron chi connectivity index (χ2n) is 5.01. The standard InChI is InChI=1S/C14H15Br2NO3/c15-10-4-5-12(11(16)7-10)17-13(18)8-2-1-3-9(6-8)14(19)20/h4-5,7-9H,1-3,6H2,(H,17,18)(H,19,20). The fourth-order valence-electron chi connectivity index (χ4n) is 2.48. The summed E-state index contributed by atoms with van der Waals surface area (Å²) in [7, 11) is 0. The Morgan fingerprint density at radius 2 is 1.90 bits per heavy atom. The molecule has 6 heteroatoms. The van der Waals surface area contributed by atoms with Crippen molar-refractivity contribution in [1.82, 2.24) is 0 Å². The molecule has 0 spiro atoms. The van der Waals surface area contributed by atoms with Crippen molar-refractivity contribution in [2.24, 2.45) is 11.8 Å². The SMILES string of the molecule is O=C(O)C1CCCC(C(=O)Nc2ccc(Br)cc2Br)C1. The fraction of sp³-hybridized carbons (Fsp3) is 0.429. The van der Waals surface area contributed by atoms with Gasteiger partial charge in [-0.25, -0.2) is 0 Å². The van der Waals surface area contributed by atoms with Gasteiger partial charge in [0.2, 0.25) is 5.91 Å². The molecule has 2 unspecified atom stereocenters. The van der Waals surface area contributed by atoms with Gasteiger partial charge in [-0.2, -0.15) is 0 Å². The van der Waals surface area contributed by atoms with Crippen LogP contribution in [0.2, 0.25) is 0 Å². The van der Waals surface area contributed by atoms with E-state index in [0.717, 1.165) is 21.8 Å². The number of carboxylic acid groups (broad SMARTS) is 1. The Morgan fingerprint density at radius 3 is 2.55 bits per heavy atom. The molecule has 20 heavy (non-hydrogen) atoms. The van der Waals surface area contributed by atoms with Crippen LogP contribution >= 0.6 is 31.9 Å². The van der Waals surface area contributed by atoms with Crippen LogP contribution < -0.4 is 5.32 Å². The highest BCUT2D eigenvalue weighted by Gasteiger charge is 2.31. The van der Waals surface area contributed by atoms with Crippen molar-refractivity contribution in [3.05, 3.63) is 27.1 Å². The van der Waals surface area contributed by atoms with Gasteiger partial charge in [0.15, 0.2) is 0 Å². The molecular formula is C14H15Br2NO3. The monoisotopic (exact) mass is 403 g/mol. The maximum Gasteiger partial charge on any atom is 0.306 e. The van der Waals surface area contributed by atoms with Crippen LogP contribution in [0.1, 0.15) is 25.7 Å². The van der Waals surface area contributed by atoms with Crippen molar-refractivity contribution in [2.45, 2.75) is 25.7 Å². The van der Waals surface area contributed by atoms with Crippen molar-refractivity contribution >= 4 is 49.4 Å². The van der Waals surface area contributed by atoms with E-state index in [-0.39, 0.29) is 11.8 Å². The zero-order valence-corrected chi connectivity index (χ0v) is 13.9. The minimum atomic E-state index is -0.799. The Hall–Kier alpha value is -0.880. The lowest BCUT2D eigenvalue weighted by Crippen LogP contribution is -2.31. The van der Waals surface area contributed by atoms with E-state index in [1.165, 1.54) is 0 Å². The molecule has 2 N–H and O–H groups in total. The number of carbonyl (C=O) groups is 2. The predicted molar refractivity (Wildman–Crippen MR) is 83.6 cm³/mol. The van der Waals surface area contributed by atoms with Crippen LogP contribution in [0.15, 0.2) is 27.1 Å². The lowest BCUT2D eigenvalue weighted by Gasteiger charge is -2.25. The third kappa shape index (κ3) is 3.82. The Bertz CT molecular complexity index is 533. The average Bonchev–Trinajstić information content (AvgIpc) is 2.42. The Labute approximate surface area is 134 Å². The molecule has 0 aliphatic heterocycles. The van der Waals surface area contributed by atoms with Crippen molar-refractivity contribution in [3.63, 3.8) is 0 Å². The number of halogens is 2. The number of carbonyl (C=O) groups excluding carboxylic acids is 1. The van der Waals surface area contributed by atoms with E-state index in [4.69, 9.17) is 5.11 Å². The number of anilines is 1. The molecule has 1 aromatic carbocycles. The van der Waals surface area contributed by atoms with Gasteiger partial charge in [0.1, 0.15) is 0 Å². The largest absolute Gasteiger partial charge is 0.481 e. The molecule has 0 heterocycles.